The van der Waals surface area contributed by atoms with Gasteiger partial charge in [-0.2, -0.15) is 0 Å². The minimum atomic E-state index is -0.747. The van der Waals surface area contributed by atoms with Crippen molar-refractivity contribution in [1.82, 2.24) is 0 Å². The number of esters is 1. The lowest BCUT2D eigenvalue weighted by Crippen LogP contribution is -2.22. The second-order valence-corrected chi connectivity index (χ2v) is 5.87. The van der Waals surface area contributed by atoms with Gasteiger partial charge in [0.25, 0.3) is 5.91 Å². The molecular formula is C19H16N2O7. The molecule has 0 spiro atoms. The van der Waals surface area contributed by atoms with Crippen molar-refractivity contribution in [2.75, 3.05) is 18.7 Å². The van der Waals surface area contributed by atoms with Crippen molar-refractivity contribution in [2.45, 2.75) is 6.92 Å². The number of amides is 2. The van der Waals surface area contributed by atoms with Gasteiger partial charge in [-0.3, -0.25) is 14.4 Å². The molecule has 0 atom stereocenters. The highest BCUT2D eigenvalue weighted by Gasteiger charge is 2.21. The van der Waals surface area contributed by atoms with E-state index < -0.39 is 24.4 Å². The molecule has 9 heteroatoms. The number of carbonyl (C=O) groups excluding carboxylic acids is 4. The maximum atomic E-state index is 12.1. The van der Waals surface area contributed by atoms with E-state index in [1.165, 1.54) is 43.3 Å². The summed E-state index contributed by atoms with van der Waals surface area (Å²) in [5, 5.41) is 2.52. The number of hydrogen-bond donors (Lipinski definition) is 2. The zero-order chi connectivity index (χ0) is 20.3. The van der Waals surface area contributed by atoms with Crippen molar-refractivity contribution in [1.29, 1.82) is 0 Å². The fourth-order valence-electron chi connectivity index (χ4n) is 2.51. The lowest BCUT2D eigenvalue weighted by Gasteiger charge is -2.11. The molecule has 2 aromatic carbocycles. The van der Waals surface area contributed by atoms with Gasteiger partial charge in [-0.15, -0.1) is 0 Å². The van der Waals surface area contributed by atoms with E-state index >= 15 is 0 Å². The molecule has 28 heavy (non-hydrogen) atoms. The Hall–Kier alpha value is -3.88. The second kappa shape index (κ2) is 7.78. The molecule has 144 valence electrons. The van der Waals surface area contributed by atoms with Gasteiger partial charge in [0.2, 0.25) is 12.7 Å². The Morgan fingerprint density at radius 2 is 1.64 bits per heavy atom. The van der Waals surface area contributed by atoms with Gasteiger partial charge in [0.1, 0.15) is 0 Å². The van der Waals surface area contributed by atoms with Crippen molar-refractivity contribution >= 4 is 29.3 Å². The average Bonchev–Trinajstić information content (AvgIpc) is 3.12. The van der Waals surface area contributed by atoms with E-state index in [9.17, 15) is 19.2 Å². The zero-order valence-corrected chi connectivity index (χ0v) is 14.8. The topological polar surface area (TPSA) is 134 Å². The summed E-state index contributed by atoms with van der Waals surface area (Å²) in [5.41, 5.74) is 6.00. The molecule has 3 rings (SSSR count). The Bertz CT molecular complexity index is 967. The van der Waals surface area contributed by atoms with Crippen LogP contribution < -0.4 is 20.5 Å². The Kier molecular flexibility index (Phi) is 5.25. The summed E-state index contributed by atoms with van der Waals surface area (Å²) in [7, 11) is 0. The number of ether oxygens (including phenoxy) is 3. The number of carbonyl (C=O) groups is 4. The smallest absolute Gasteiger partial charge is 0.338 e. The van der Waals surface area contributed by atoms with Gasteiger partial charge in [0.05, 0.1) is 11.3 Å². The number of Topliss-reactive ketones (excluding diaryl/α,β-unsaturated/α-hetero) is 1. The van der Waals surface area contributed by atoms with Crippen LogP contribution in [0.4, 0.5) is 5.69 Å². The molecule has 2 aromatic rings. The molecule has 1 aliphatic rings. The molecule has 1 aliphatic heterocycles. The van der Waals surface area contributed by atoms with E-state index in [4.69, 9.17) is 19.9 Å². The standard InChI is InChI=1S/C19H16N2O7/c1-10(22)13-6-15-16(28-9-27-15)7-14(13)21-17(23)8-26-19(25)12-4-2-11(3-5-12)18(20)24/h2-7H,8-9H2,1H3,(H2,20,24)(H,21,23). The van der Waals surface area contributed by atoms with Crippen molar-refractivity contribution in [3.63, 3.8) is 0 Å². The van der Waals surface area contributed by atoms with Crippen LogP contribution in [0, 0.1) is 0 Å². The van der Waals surface area contributed by atoms with Gasteiger partial charge in [0.15, 0.2) is 23.9 Å². The SMILES string of the molecule is CC(=O)c1cc2c(cc1NC(=O)COC(=O)c1ccc(C(N)=O)cc1)OCO2. The first-order valence-corrected chi connectivity index (χ1v) is 8.16. The first kappa shape index (κ1) is 18.9. The molecule has 9 nitrogen and oxygen atoms in total. The molecule has 0 unspecified atom stereocenters. The Balaban J connectivity index is 1.63. The van der Waals surface area contributed by atoms with E-state index in [2.05, 4.69) is 5.32 Å². The van der Waals surface area contributed by atoms with Crippen LogP contribution in [-0.2, 0) is 9.53 Å². The summed E-state index contributed by atoms with van der Waals surface area (Å²) in [6.07, 6.45) is 0. The fourth-order valence-corrected chi connectivity index (χ4v) is 2.51. The van der Waals surface area contributed by atoms with Crippen LogP contribution in [0.25, 0.3) is 0 Å². The van der Waals surface area contributed by atoms with Crippen molar-refractivity contribution in [3.05, 3.63) is 53.1 Å². The molecule has 0 saturated carbocycles. The van der Waals surface area contributed by atoms with E-state index in [1.54, 1.807) is 0 Å². The second-order valence-electron chi connectivity index (χ2n) is 5.87. The lowest BCUT2D eigenvalue weighted by molar-refractivity contribution is -0.119. The number of nitrogens with one attached hydrogen (secondary N) is 1. The third kappa shape index (κ3) is 4.09. The number of anilines is 1. The summed E-state index contributed by atoms with van der Waals surface area (Å²) in [6, 6.07) is 8.45. The predicted octanol–water partition coefficient (Wildman–Crippen LogP) is 1.51. The number of benzene rings is 2. The molecule has 0 bridgehead atoms. The third-order valence-electron chi connectivity index (χ3n) is 3.91. The highest BCUT2D eigenvalue weighted by atomic mass is 16.7. The minimum absolute atomic E-state index is 0.0240. The maximum absolute atomic E-state index is 12.1. The lowest BCUT2D eigenvalue weighted by atomic mass is 10.1. The van der Waals surface area contributed by atoms with Crippen LogP contribution in [-0.4, -0.2) is 37.0 Å². The maximum Gasteiger partial charge on any atom is 0.338 e. The van der Waals surface area contributed by atoms with Gasteiger partial charge in [0, 0.05) is 17.2 Å². The molecule has 0 aromatic heterocycles. The summed E-state index contributed by atoms with van der Waals surface area (Å²) in [6.45, 7) is 0.807. The van der Waals surface area contributed by atoms with Crippen LogP contribution in [0.5, 0.6) is 11.5 Å². The Labute approximate surface area is 159 Å². The van der Waals surface area contributed by atoms with E-state index in [1.807, 2.05) is 0 Å². The van der Waals surface area contributed by atoms with Gasteiger partial charge in [-0.25, -0.2) is 4.79 Å². The first-order chi connectivity index (χ1) is 13.3. The number of rotatable bonds is 6. The molecule has 2 amide bonds. The van der Waals surface area contributed by atoms with Crippen LogP contribution in [0.2, 0.25) is 0 Å². The molecule has 0 fully saturated rings. The highest BCUT2D eigenvalue weighted by Crippen LogP contribution is 2.37. The molecule has 0 aliphatic carbocycles. The van der Waals surface area contributed by atoms with Gasteiger partial charge < -0.3 is 25.3 Å². The molecule has 0 saturated heterocycles. The van der Waals surface area contributed by atoms with Crippen LogP contribution in [0.15, 0.2) is 36.4 Å². The van der Waals surface area contributed by atoms with Crippen molar-refractivity contribution < 1.29 is 33.4 Å². The van der Waals surface area contributed by atoms with Gasteiger partial charge >= 0.3 is 5.97 Å². The van der Waals surface area contributed by atoms with Crippen LogP contribution in [0.3, 0.4) is 0 Å². The molecule has 3 N–H and O–H groups in total. The molecule has 0 radical (unpaired) electrons. The monoisotopic (exact) mass is 384 g/mol. The number of fused-ring (bicyclic) bond motifs is 1. The Morgan fingerprint density at radius 1 is 1.04 bits per heavy atom. The number of nitrogens with two attached hydrogens (primary N) is 1. The number of hydrogen-bond acceptors (Lipinski definition) is 7. The number of ketones is 1. The average molecular weight is 384 g/mol. The summed E-state index contributed by atoms with van der Waals surface area (Å²) in [5.74, 6) is -1.47. The van der Waals surface area contributed by atoms with E-state index in [-0.39, 0.29) is 35.0 Å². The third-order valence-corrected chi connectivity index (χ3v) is 3.91. The van der Waals surface area contributed by atoms with Gasteiger partial charge in [-0.1, -0.05) is 0 Å². The minimum Gasteiger partial charge on any atom is -0.454 e. The van der Waals surface area contributed by atoms with Crippen LogP contribution in [0.1, 0.15) is 38.0 Å². The largest absolute Gasteiger partial charge is 0.454 e. The summed E-state index contributed by atoms with van der Waals surface area (Å²) < 4.78 is 15.4. The van der Waals surface area contributed by atoms with Crippen LogP contribution >= 0.6 is 0 Å². The normalized spacial score (nSPS) is 11.6. The molecular weight excluding hydrogens is 368 g/mol. The molecule has 1 heterocycles. The highest BCUT2D eigenvalue weighted by molar-refractivity contribution is 6.05. The Morgan fingerprint density at radius 3 is 2.25 bits per heavy atom. The van der Waals surface area contributed by atoms with Crippen molar-refractivity contribution in [2.24, 2.45) is 5.73 Å². The summed E-state index contributed by atoms with van der Waals surface area (Å²) in [4.78, 5) is 47.0. The van der Waals surface area contributed by atoms with E-state index in [0.29, 0.717) is 11.5 Å². The number of primary amides is 1. The fraction of sp³-hybridized carbons (Fsp3) is 0.158. The quantitative estimate of drug-likeness (QED) is 0.569. The van der Waals surface area contributed by atoms with Gasteiger partial charge in [-0.05, 0) is 37.3 Å². The first-order valence-electron chi connectivity index (χ1n) is 8.16. The zero-order valence-electron chi connectivity index (χ0n) is 14.8. The predicted molar refractivity (Wildman–Crippen MR) is 96.4 cm³/mol. The van der Waals surface area contributed by atoms with E-state index in [0.717, 1.165) is 0 Å². The summed E-state index contributed by atoms with van der Waals surface area (Å²) >= 11 is 0. The van der Waals surface area contributed by atoms with Crippen molar-refractivity contribution in [3.8, 4) is 11.5 Å².